The van der Waals surface area contributed by atoms with Gasteiger partial charge in [-0.2, -0.15) is 0 Å². The summed E-state index contributed by atoms with van der Waals surface area (Å²) in [5, 5.41) is 0. The first kappa shape index (κ1) is 3620. The second-order valence-electron chi connectivity index (χ2n) is 0. The molecule has 0 rings (SSSR count). The molecule has 20 N–H and O–H groups in total. The molecule has 0 fully saturated rings. The maximum absolute atomic E-state index is 0. The van der Waals surface area contributed by atoms with Gasteiger partial charge in [0.1, 0.15) is 0 Å². The first-order chi connectivity index (χ1) is 0. The van der Waals surface area contributed by atoms with Gasteiger partial charge in [-0.15, -0.1) is 0 Å². The van der Waals surface area contributed by atoms with Gasteiger partial charge in [-0.25, -0.2) is 0 Å². The van der Waals surface area contributed by atoms with Crippen molar-refractivity contribution in [2.75, 3.05) is 0 Å². The summed E-state index contributed by atoms with van der Waals surface area (Å²) < 4.78 is 0. The minimum Gasteiger partial charge on any atom is -1.00 e. The van der Waals surface area contributed by atoms with E-state index in [0.29, 0.717) is 0 Å². The molecule has 0 aliphatic carbocycles. The Bertz CT molecular complexity index is 9.80. The van der Waals surface area contributed by atoms with Gasteiger partial charge in [-0.05, 0) is 0 Å². The zero-order valence-corrected chi connectivity index (χ0v) is 8.00. The van der Waals surface area contributed by atoms with Crippen LogP contribution in [-0.4, -0.2) is 54.8 Å². The zero-order valence-electron chi connectivity index (χ0n) is 7.00. The van der Waals surface area contributed by atoms with Crippen LogP contribution in [0, 0.1) is 0 Å². The first-order valence-corrected chi connectivity index (χ1v) is 0. The van der Waals surface area contributed by atoms with Gasteiger partial charge in [0.15, 0.2) is 0 Å². The first-order valence-electron chi connectivity index (χ1n) is 0. The summed E-state index contributed by atoms with van der Waals surface area (Å²) in [5.74, 6) is 0. The van der Waals surface area contributed by atoms with Crippen LogP contribution in [0.2, 0.25) is 0 Å². The van der Waals surface area contributed by atoms with E-state index in [1.54, 1.807) is 0 Å². The number of hydrogen-bond acceptors (Lipinski definition) is 0. The SMILES string of the molecule is O.O.O.O.O.O.O.O.O.O.[H-].[Na+]. The topological polar surface area (TPSA) is 315 Å². The predicted molar refractivity (Wildman–Crippen MR) is 37.3 cm³/mol. The quantitative estimate of drug-likeness (QED) is 0.331. The Morgan fingerprint density at radius 3 is 0.273 bits per heavy atom. The fraction of sp³-hybridized carbons (Fsp3) is 0. The molecule has 0 aromatic carbocycles. The Balaban J connectivity index is 0. The summed E-state index contributed by atoms with van der Waals surface area (Å²) in [6, 6.07) is 0. The van der Waals surface area contributed by atoms with Crippen molar-refractivity contribution in [2.45, 2.75) is 0 Å². The van der Waals surface area contributed by atoms with Crippen molar-refractivity contribution in [1.82, 2.24) is 0 Å². The predicted octanol–water partition coefficient (Wildman–Crippen LogP) is -11.1. The van der Waals surface area contributed by atoms with Crippen LogP contribution in [0.4, 0.5) is 0 Å². The zero-order chi connectivity index (χ0) is 0. The van der Waals surface area contributed by atoms with E-state index in [1.165, 1.54) is 0 Å². The van der Waals surface area contributed by atoms with Gasteiger partial charge in [-0.1, -0.05) is 0 Å². The van der Waals surface area contributed by atoms with Crippen molar-refractivity contribution >= 4 is 0 Å². The van der Waals surface area contributed by atoms with Gasteiger partial charge in [0.25, 0.3) is 0 Å². The molecule has 0 amide bonds. The fourth-order valence-electron chi connectivity index (χ4n) is 0. The van der Waals surface area contributed by atoms with E-state index in [1.807, 2.05) is 0 Å². The van der Waals surface area contributed by atoms with E-state index >= 15 is 0 Å². The minimum atomic E-state index is 0. The third kappa shape index (κ3) is 2180. The van der Waals surface area contributed by atoms with Crippen LogP contribution in [0.3, 0.4) is 0 Å². The molecule has 10 nitrogen and oxygen atoms in total. The monoisotopic (exact) mass is 204 g/mol. The molecular formula is H21NaO10. The fourth-order valence-corrected chi connectivity index (χ4v) is 0. The van der Waals surface area contributed by atoms with E-state index in [9.17, 15) is 0 Å². The van der Waals surface area contributed by atoms with E-state index in [-0.39, 0.29) is 85.7 Å². The average Bonchev–Trinajstić information content (AvgIpc) is 0. The Kier molecular flexibility index (Phi) is 893000. The molecule has 0 aliphatic rings. The molecule has 82 valence electrons. The molecule has 0 atom stereocenters. The van der Waals surface area contributed by atoms with Crippen molar-refractivity contribution in [3.8, 4) is 0 Å². The Hall–Kier alpha value is 0.600. The van der Waals surface area contributed by atoms with E-state index < -0.39 is 0 Å². The van der Waals surface area contributed by atoms with Crippen LogP contribution in [0.5, 0.6) is 0 Å². The molecule has 0 aromatic rings. The molecule has 0 unspecified atom stereocenters. The van der Waals surface area contributed by atoms with Gasteiger partial charge in [0, 0.05) is 0 Å². The molecule has 11 heteroatoms. The third-order valence-electron chi connectivity index (χ3n) is 0. The standard InChI is InChI=1S/Na.10H2O.H/h;10*1H2;/q+1;;;;;;;;;;;-1. The molecule has 0 aliphatic heterocycles. The van der Waals surface area contributed by atoms with Crippen LogP contribution in [0.25, 0.3) is 0 Å². The third-order valence-corrected chi connectivity index (χ3v) is 0. The van der Waals surface area contributed by atoms with Crippen LogP contribution in [0.15, 0.2) is 0 Å². The van der Waals surface area contributed by atoms with Gasteiger partial charge < -0.3 is 56.2 Å². The largest absolute Gasteiger partial charge is 1.00 e. The molecular weight excluding hydrogens is 183 g/mol. The molecule has 0 saturated heterocycles. The molecule has 11 heavy (non-hydrogen) atoms. The van der Waals surface area contributed by atoms with Crippen LogP contribution in [0.1, 0.15) is 1.43 Å². The van der Waals surface area contributed by atoms with Gasteiger partial charge >= 0.3 is 29.6 Å². The maximum atomic E-state index is 0. The minimum absolute atomic E-state index is 0. The van der Waals surface area contributed by atoms with Crippen molar-refractivity contribution in [3.05, 3.63) is 0 Å². The second kappa shape index (κ2) is 2710. The second-order valence-corrected chi connectivity index (χ2v) is 0. The maximum Gasteiger partial charge on any atom is 1.00 e. The van der Waals surface area contributed by atoms with E-state index in [4.69, 9.17) is 0 Å². The van der Waals surface area contributed by atoms with Crippen LogP contribution < -0.4 is 29.6 Å². The molecule has 0 bridgehead atoms. The average molecular weight is 204 g/mol. The summed E-state index contributed by atoms with van der Waals surface area (Å²) in [4.78, 5) is 0. The number of hydrogen-bond donors (Lipinski definition) is 0. The van der Waals surface area contributed by atoms with Gasteiger partial charge in [0.2, 0.25) is 0 Å². The van der Waals surface area contributed by atoms with Crippen LogP contribution in [-0.2, 0) is 0 Å². The summed E-state index contributed by atoms with van der Waals surface area (Å²) in [6.07, 6.45) is 0. The number of rotatable bonds is 0. The molecule has 0 spiro atoms. The smallest absolute Gasteiger partial charge is 1.00 e. The van der Waals surface area contributed by atoms with Crippen molar-refractivity contribution < 1.29 is 85.7 Å². The molecule has 0 saturated carbocycles. The molecule has 0 radical (unpaired) electrons. The summed E-state index contributed by atoms with van der Waals surface area (Å²) in [6.45, 7) is 0. The summed E-state index contributed by atoms with van der Waals surface area (Å²) in [5.41, 5.74) is 0. The Morgan fingerprint density at radius 2 is 0.273 bits per heavy atom. The van der Waals surface area contributed by atoms with E-state index in [0.717, 1.165) is 0 Å². The Labute approximate surface area is 86.1 Å². The van der Waals surface area contributed by atoms with E-state index in [2.05, 4.69) is 0 Å². The Morgan fingerprint density at radius 1 is 0.273 bits per heavy atom. The normalized spacial score (nSPS) is 0. The van der Waals surface area contributed by atoms with Crippen molar-refractivity contribution in [2.24, 2.45) is 0 Å². The van der Waals surface area contributed by atoms with Gasteiger partial charge in [0.05, 0.1) is 0 Å². The van der Waals surface area contributed by atoms with Gasteiger partial charge in [-0.3, -0.25) is 0 Å². The van der Waals surface area contributed by atoms with Crippen molar-refractivity contribution in [1.29, 1.82) is 0 Å². The van der Waals surface area contributed by atoms with Crippen LogP contribution >= 0.6 is 0 Å². The van der Waals surface area contributed by atoms with Crippen molar-refractivity contribution in [3.63, 3.8) is 0 Å². The summed E-state index contributed by atoms with van der Waals surface area (Å²) >= 11 is 0. The summed E-state index contributed by atoms with van der Waals surface area (Å²) in [7, 11) is 0. The molecule has 0 aromatic heterocycles. The molecule has 0 heterocycles.